The van der Waals surface area contributed by atoms with Crippen LogP contribution in [0.2, 0.25) is 18.1 Å². The van der Waals surface area contributed by atoms with Crippen molar-refractivity contribution in [3.63, 3.8) is 0 Å². The molecule has 2 fully saturated rings. The van der Waals surface area contributed by atoms with Crippen molar-refractivity contribution in [3.05, 3.63) is 22.8 Å². The Morgan fingerprint density at radius 3 is 2.31 bits per heavy atom. The third-order valence-electron chi connectivity index (χ3n) is 11.5. The Labute approximate surface area is 290 Å². The molecular weight excluding hydrogens is 650 g/mol. The average molecular weight is 706 g/mol. The summed E-state index contributed by atoms with van der Waals surface area (Å²) in [4.78, 5) is 66.8. The Morgan fingerprint density at radius 2 is 1.76 bits per heavy atom. The molecule has 1 saturated carbocycles. The van der Waals surface area contributed by atoms with Gasteiger partial charge in [-0.25, -0.2) is 4.79 Å². The van der Waals surface area contributed by atoms with Crippen LogP contribution in [0.25, 0.3) is 0 Å². The second-order valence-corrected chi connectivity index (χ2v) is 20.7. The number of carbonyl (C=O) groups is 5. The highest BCUT2D eigenvalue weighted by Crippen LogP contribution is 2.64. The topological polar surface area (TPSA) is 181 Å². The Kier molecular flexibility index (Phi) is 11.4. The summed E-state index contributed by atoms with van der Waals surface area (Å²) < 4.78 is 17.8. The number of carbonyl (C=O) groups excluding carboxylic acids is 5. The highest BCUT2D eigenvalue weighted by atomic mass is 28.4. The molecule has 0 radical (unpaired) electrons. The van der Waals surface area contributed by atoms with E-state index in [1.54, 1.807) is 0 Å². The van der Waals surface area contributed by atoms with Crippen LogP contribution in [0.4, 0.5) is 0 Å². The third-order valence-corrected chi connectivity index (χ3v) is 16.0. The monoisotopic (exact) mass is 705 g/mol. The lowest BCUT2D eigenvalue weighted by Crippen LogP contribution is -2.57. The SMILES string of the molecule is CC(=O)OCN[C@@H](CO)C(=O)N[C@@H](CO)C(=O)N1CCC[C@H]1C(=O)O[C@@H]1C2=C(C)C3(CC3)[C@H](C)C(=O)C2=C[C@@]1(C)CO[Si](C)(C)C(C)(C)C. The summed E-state index contributed by atoms with van der Waals surface area (Å²) in [6.45, 7) is 16.6. The highest BCUT2D eigenvalue weighted by Gasteiger charge is 2.61. The summed E-state index contributed by atoms with van der Waals surface area (Å²) in [6.07, 6.45) is 3.76. The lowest BCUT2D eigenvalue weighted by atomic mass is 9.70. The van der Waals surface area contributed by atoms with Gasteiger partial charge in [-0.05, 0) is 57.7 Å². The van der Waals surface area contributed by atoms with E-state index >= 15 is 0 Å². The summed E-state index contributed by atoms with van der Waals surface area (Å²) in [7, 11) is -2.23. The molecule has 0 aromatic heterocycles. The molecule has 4 rings (SSSR count). The van der Waals surface area contributed by atoms with E-state index in [4.69, 9.17) is 13.9 Å². The van der Waals surface area contributed by atoms with Crippen molar-refractivity contribution in [2.75, 3.05) is 33.1 Å². The molecule has 1 saturated heterocycles. The summed E-state index contributed by atoms with van der Waals surface area (Å²) >= 11 is 0. The third kappa shape index (κ3) is 7.58. The normalized spacial score (nSPS) is 27.4. The van der Waals surface area contributed by atoms with Crippen molar-refractivity contribution < 1.29 is 48.1 Å². The fraction of sp³-hybridized carbons (Fsp3) is 0.743. The quantitative estimate of drug-likeness (QED) is 0.125. The summed E-state index contributed by atoms with van der Waals surface area (Å²) in [5.74, 6) is -2.79. The Bertz CT molecular complexity index is 1410. The number of aliphatic hydroxyl groups is 2. The minimum atomic E-state index is -2.23. The minimum absolute atomic E-state index is 0.0536. The maximum Gasteiger partial charge on any atom is 0.329 e. The minimum Gasteiger partial charge on any atom is -0.455 e. The van der Waals surface area contributed by atoms with E-state index in [-0.39, 0.29) is 42.0 Å². The molecule has 49 heavy (non-hydrogen) atoms. The summed E-state index contributed by atoms with van der Waals surface area (Å²) in [6, 6.07) is -3.59. The Balaban J connectivity index is 1.57. The smallest absolute Gasteiger partial charge is 0.329 e. The number of nitrogens with zero attached hydrogens (tertiary/aromatic N) is 1. The zero-order valence-corrected chi connectivity index (χ0v) is 31.4. The first-order valence-corrected chi connectivity index (χ1v) is 20.2. The van der Waals surface area contributed by atoms with Crippen LogP contribution >= 0.6 is 0 Å². The fourth-order valence-electron chi connectivity index (χ4n) is 7.05. The molecule has 2 amide bonds. The number of Topliss-reactive ketones (excluding diaryl/α,β-unsaturated/α-hetero) is 1. The van der Waals surface area contributed by atoms with Crippen molar-refractivity contribution in [3.8, 4) is 0 Å². The van der Waals surface area contributed by atoms with E-state index in [1.807, 2.05) is 26.8 Å². The van der Waals surface area contributed by atoms with Gasteiger partial charge in [0.25, 0.3) is 0 Å². The van der Waals surface area contributed by atoms with Gasteiger partial charge in [-0.1, -0.05) is 39.3 Å². The number of nitrogens with one attached hydrogen (secondary N) is 2. The number of ketones is 1. The standard InChI is InChI=1S/C35H55N3O10Si/c1-20-27-23(28(42)21(2)35(20)12-13-35)15-34(7,18-47-49(8,9)33(4,5)6)29(27)48-32(45)26-11-10-14-38(26)31(44)25(17-40)37-30(43)24(16-39)36-19-46-22(3)41/h15,21,24-26,29,36,39-40H,10-14,16-19H2,1-9H3,(H,37,43)/t21-,24+,25+,26+,29-,34+/m1/s1. The van der Waals surface area contributed by atoms with Crippen molar-refractivity contribution in [1.29, 1.82) is 0 Å². The van der Waals surface area contributed by atoms with E-state index in [2.05, 4.69) is 44.5 Å². The lowest BCUT2D eigenvalue weighted by molar-refractivity contribution is -0.161. The first-order valence-electron chi connectivity index (χ1n) is 17.3. The predicted molar refractivity (Wildman–Crippen MR) is 182 cm³/mol. The van der Waals surface area contributed by atoms with Gasteiger partial charge < -0.3 is 34.3 Å². The van der Waals surface area contributed by atoms with E-state index in [0.29, 0.717) is 18.4 Å². The van der Waals surface area contributed by atoms with Crippen molar-refractivity contribution in [2.45, 2.75) is 117 Å². The number of ether oxygens (including phenoxy) is 2. The number of aliphatic hydroxyl groups excluding tert-OH is 2. The maximum absolute atomic E-state index is 14.1. The molecule has 3 aliphatic carbocycles. The molecule has 6 atom stereocenters. The number of amides is 2. The van der Waals surface area contributed by atoms with E-state index in [9.17, 15) is 34.2 Å². The molecule has 1 aliphatic heterocycles. The molecule has 1 spiro atoms. The Morgan fingerprint density at radius 1 is 1.12 bits per heavy atom. The number of esters is 2. The molecule has 14 heteroatoms. The van der Waals surface area contributed by atoms with Crippen molar-refractivity contribution in [1.82, 2.24) is 15.5 Å². The number of hydrogen-bond donors (Lipinski definition) is 4. The summed E-state index contributed by atoms with van der Waals surface area (Å²) in [5, 5.41) is 24.7. The Hall–Kier alpha value is -2.91. The molecule has 274 valence electrons. The molecule has 4 aliphatic rings. The zero-order chi connectivity index (χ0) is 36.7. The van der Waals surface area contributed by atoms with E-state index < -0.39 is 74.9 Å². The van der Waals surface area contributed by atoms with Crippen LogP contribution in [0.15, 0.2) is 22.8 Å². The van der Waals surface area contributed by atoms with Gasteiger partial charge in [0.2, 0.25) is 11.8 Å². The molecule has 0 unspecified atom stereocenters. The summed E-state index contributed by atoms with van der Waals surface area (Å²) in [5.41, 5.74) is 1.34. The second-order valence-electron chi connectivity index (χ2n) is 15.9. The van der Waals surface area contributed by atoms with Crippen LogP contribution in [0, 0.1) is 16.7 Å². The van der Waals surface area contributed by atoms with Gasteiger partial charge in [0.05, 0.1) is 13.2 Å². The van der Waals surface area contributed by atoms with Gasteiger partial charge in [-0.3, -0.25) is 24.5 Å². The van der Waals surface area contributed by atoms with E-state index in [1.165, 1.54) is 11.8 Å². The largest absolute Gasteiger partial charge is 0.455 e. The van der Waals surface area contributed by atoms with Gasteiger partial charge in [0.1, 0.15) is 31.0 Å². The lowest BCUT2D eigenvalue weighted by Gasteiger charge is -2.41. The number of likely N-dealkylation sites (tertiary alicyclic amines) is 1. The number of rotatable bonds is 13. The van der Waals surface area contributed by atoms with Crippen LogP contribution in [0.5, 0.6) is 0 Å². The van der Waals surface area contributed by atoms with Crippen LogP contribution in [0.3, 0.4) is 0 Å². The van der Waals surface area contributed by atoms with Crippen molar-refractivity contribution >= 4 is 37.9 Å². The highest BCUT2D eigenvalue weighted by molar-refractivity contribution is 6.74. The van der Waals surface area contributed by atoms with Crippen molar-refractivity contribution in [2.24, 2.45) is 16.7 Å². The van der Waals surface area contributed by atoms with Crippen LogP contribution in [-0.2, 0) is 37.9 Å². The molecule has 13 nitrogen and oxygen atoms in total. The first-order chi connectivity index (χ1) is 22.7. The number of hydrogen-bond acceptors (Lipinski definition) is 11. The van der Waals surface area contributed by atoms with Gasteiger partial charge in [0.15, 0.2) is 14.1 Å². The van der Waals surface area contributed by atoms with Gasteiger partial charge >= 0.3 is 11.9 Å². The number of allylic oxidation sites excluding steroid dienone is 1. The predicted octanol–water partition coefficient (Wildman–Crippen LogP) is 2.12. The number of fused-ring (bicyclic) bond motifs is 1. The molecular formula is C35H55N3O10Si. The van der Waals surface area contributed by atoms with Crippen LogP contribution in [0.1, 0.15) is 74.1 Å². The fourth-order valence-corrected chi connectivity index (χ4v) is 8.16. The zero-order valence-electron chi connectivity index (χ0n) is 30.4. The molecule has 0 bridgehead atoms. The van der Waals surface area contributed by atoms with Gasteiger partial charge in [0, 0.05) is 48.0 Å². The van der Waals surface area contributed by atoms with Crippen LogP contribution in [-0.4, -0.2) is 110 Å². The maximum atomic E-state index is 14.1. The van der Waals surface area contributed by atoms with Gasteiger partial charge in [-0.2, -0.15) is 0 Å². The molecule has 0 aromatic rings. The second kappa shape index (κ2) is 14.4. The molecule has 1 heterocycles. The van der Waals surface area contributed by atoms with Crippen LogP contribution < -0.4 is 10.6 Å². The molecule has 4 N–H and O–H groups in total. The van der Waals surface area contributed by atoms with E-state index in [0.717, 1.165) is 24.0 Å². The van der Waals surface area contributed by atoms with Gasteiger partial charge in [-0.15, -0.1) is 0 Å². The first kappa shape index (κ1) is 38.9. The molecule has 0 aromatic carbocycles. The average Bonchev–Trinajstić information content (AvgIpc) is 3.58.